The zero-order valence-corrected chi connectivity index (χ0v) is 13.4. The highest BCUT2D eigenvalue weighted by Crippen LogP contribution is 2.12. The Morgan fingerprint density at radius 2 is 1.77 bits per heavy atom. The molecular weight excluding hydrogens is 282 g/mol. The van der Waals surface area contributed by atoms with E-state index >= 15 is 0 Å². The van der Waals surface area contributed by atoms with Crippen LogP contribution in [-0.2, 0) is 9.59 Å². The maximum Gasteiger partial charge on any atom is 0.251 e. The van der Waals surface area contributed by atoms with Gasteiger partial charge in [-0.25, -0.2) is 0 Å². The number of nitrogens with one attached hydrogen (secondary N) is 3. The van der Waals surface area contributed by atoms with Crippen LogP contribution in [0, 0.1) is 5.41 Å². The number of hydrogen-bond acceptors (Lipinski definition) is 3. The summed E-state index contributed by atoms with van der Waals surface area (Å²) in [5.74, 6) is -0.732. The summed E-state index contributed by atoms with van der Waals surface area (Å²) in [5, 5.41) is 7.91. The number of rotatable bonds is 5. The van der Waals surface area contributed by atoms with Gasteiger partial charge in [0, 0.05) is 23.2 Å². The van der Waals surface area contributed by atoms with Crippen molar-refractivity contribution >= 4 is 23.4 Å². The van der Waals surface area contributed by atoms with Crippen molar-refractivity contribution in [3.05, 3.63) is 29.8 Å². The lowest BCUT2D eigenvalue weighted by atomic mass is 9.96. The van der Waals surface area contributed by atoms with Crippen molar-refractivity contribution in [3.63, 3.8) is 0 Å². The largest absolute Gasteiger partial charge is 0.352 e. The molecule has 22 heavy (non-hydrogen) atoms. The number of amides is 3. The Morgan fingerprint density at radius 3 is 2.36 bits per heavy atom. The molecule has 0 aliphatic carbocycles. The van der Waals surface area contributed by atoms with Crippen LogP contribution in [0.4, 0.5) is 5.69 Å². The van der Waals surface area contributed by atoms with E-state index in [1.807, 2.05) is 6.92 Å². The van der Waals surface area contributed by atoms with Crippen molar-refractivity contribution in [1.82, 2.24) is 10.6 Å². The zero-order chi connectivity index (χ0) is 16.8. The van der Waals surface area contributed by atoms with E-state index in [9.17, 15) is 14.4 Å². The number of anilines is 1. The van der Waals surface area contributed by atoms with E-state index in [2.05, 4.69) is 16.0 Å². The third-order valence-corrected chi connectivity index (χ3v) is 2.84. The molecule has 0 saturated heterocycles. The van der Waals surface area contributed by atoms with Gasteiger partial charge in [-0.15, -0.1) is 0 Å². The molecule has 3 amide bonds. The monoisotopic (exact) mass is 305 g/mol. The van der Waals surface area contributed by atoms with Crippen molar-refractivity contribution in [2.75, 3.05) is 18.4 Å². The third-order valence-electron chi connectivity index (χ3n) is 2.84. The molecule has 1 rings (SSSR count). The maximum atomic E-state index is 11.8. The topological polar surface area (TPSA) is 87.3 Å². The van der Waals surface area contributed by atoms with Gasteiger partial charge >= 0.3 is 0 Å². The normalized spacial score (nSPS) is 10.7. The van der Waals surface area contributed by atoms with Crippen LogP contribution in [-0.4, -0.2) is 30.8 Å². The molecule has 0 atom stereocenters. The van der Waals surface area contributed by atoms with Crippen LogP contribution < -0.4 is 16.0 Å². The van der Waals surface area contributed by atoms with Crippen LogP contribution in [0.25, 0.3) is 0 Å². The summed E-state index contributed by atoms with van der Waals surface area (Å²) in [6, 6.07) is 6.64. The van der Waals surface area contributed by atoms with Gasteiger partial charge in [-0.2, -0.15) is 0 Å². The molecule has 1 aromatic rings. The SMILES string of the molecule is CCNC(=O)c1cccc(NC(=O)CNC(=O)C(C)(C)C)c1. The van der Waals surface area contributed by atoms with Gasteiger partial charge in [-0.3, -0.25) is 14.4 Å². The number of hydrogen-bond donors (Lipinski definition) is 3. The average molecular weight is 305 g/mol. The van der Waals surface area contributed by atoms with Gasteiger partial charge in [0.1, 0.15) is 0 Å². The fourth-order valence-corrected chi connectivity index (χ4v) is 1.63. The Labute approximate surface area is 130 Å². The maximum absolute atomic E-state index is 11.8. The molecule has 6 heteroatoms. The molecule has 0 aliphatic rings. The molecule has 1 aromatic carbocycles. The van der Waals surface area contributed by atoms with E-state index in [1.54, 1.807) is 45.0 Å². The van der Waals surface area contributed by atoms with Crippen molar-refractivity contribution < 1.29 is 14.4 Å². The van der Waals surface area contributed by atoms with Gasteiger partial charge in [0.05, 0.1) is 6.54 Å². The first kappa shape index (κ1) is 17.7. The fourth-order valence-electron chi connectivity index (χ4n) is 1.63. The molecular formula is C16H23N3O3. The lowest BCUT2D eigenvalue weighted by Gasteiger charge is -2.17. The Balaban J connectivity index is 2.60. The van der Waals surface area contributed by atoms with Crippen LogP contribution >= 0.6 is 0 Å². The lowest BCUT2D eigenvalue weighted by molar-refractivity contribution is -0.130. The predicted molar refractivity (Wildman–Crippen MR) is 85.5 cm³/mol. The standard InChI is InChI=1S/C16H23N3O3/c1-5-17-14(21)11-7-6-8-12(9-11)19-13(20)10-18-15(22)16(2,3)4/h6-9H,5,10H2,1-4H3,(H,17,21)(H,18,22)(H,19,20). The Hall–Kier alpha value is -2.37. The predicted octanol–water partition coefficient (Wildman–Crippen LogP) is 1.54. The summed E-state index contributed by atoms with van der Waals surface area (Å²) in [6.45, 7) is 7.58. The van der Waals surface area contributed by atoms with Crippen molar-refractivity contribution in [3.8, 4) is 0 Å². The minimum Gasteiger partial charge on any atom is -0.352 e. The molecule has 0 radical (unpaired) electrons. The van der Waals surface area contributed by atoms with Crippen LogP contribution in [0.15, 0.2) is 24.3 Å². The number of carbonyl (C=O) groups excluding carboxylic acids is 3. The molecule has 0 aliphatic heterocycles. The van der Waals surface area contributed by atoms with E-state index in [4.69, 9.17) is 0 Å². The molecule has 3 N–H and O–H groups in total. The van der Waals surface area contributed by atoms with Gasteiger partial charge in [-0.05, 0) is 25.1 Å². The van der Waals surface area contributed by atoms with Gasteiger partial charge < -0.3 is 16.0 Å². The highest BCUT2D eigenvalue weighted by Gasteiger charge is 2.21. The summed E-state index contributed by atoms with van der Waals surface area (Å²) in [6.07, 6.45) is 0. The zero-order valence-electron chi connectivity index (χ0n) is 13.4. The first-order valence-corrected chi connectivity index (χ1v) is 7.20. The molecule has 0 bridgehead atoms. The molecule has 0 saturated carbocycles. The van der Waals surface area contributed by atoms with E-state index in [1.165, 1.54) is 0 Å². The molecule has 0 unspecified atom stereocenters. The second-order valence-corrected chi connectivity index (χ2v) is 5.92. The quantitative estimate of drug-likeness (QED) is 0.771. The second-order valence-electron chi connectivity index (χ2n) is 5.92. The highest BCUT2D eigenvalue weighted by molar-refractivity contribution is 5.98. The second kappa shape index (κ2) is 7.59. The molecule has 6 nitrogen and oxygen atoms in total. The Kier molecular flexibility index (Phi) is 6.10. The molecule has 0 spiro atoms. The van der Waals surface area contributed by atoms with E-state index < -0.39 is 5.41 Å². The van der Waals surface area contributed by atoms with Gasteiger partial charge in [-0.1, -0.05) is 26.8 Å². The summed E-state index contributed by atoms with van der Waals surface area (Å²) in [5.41, 5.74) is 0.440. The van der Waals surface area contributed by atoms with Crippen molar-refractivity contribution in [1.29, 1.82) is 0 Å². The summed E-state index contributed by atoms with van der Waals surface area (Å²) in [4.78, 5) is 35.2. The van der Waals surface area contributed by atoms with Gasteiger partial charge in [0.25, 0.3) is 5.91 Å². The molecule has 120 valence electrons. The first-order valence-electron chi connectivity index (χ1n) is 7.20. The van der Waals surface area contributed by atoms with Crippen molar-refractivity contribution in [2.45, 2.75) is 27.7 Å². The van der Waals surface area contributed by atoms with Crippen LogP contribution in [0.5, 0.6) is 0 Å². The molecule has 0 fully saturated rings. The highest BCUT2D eigenvalue weighted by atomic mass is 16.2. The third kappa shape index (κ3) is 5.55. The van der Waals surface area contributed by atoms with Gasteiger partial charge in [0.15, 0.2) is 0 Å². The summed E-state index contributed by atoms with van der Waals surface area (Å²) >= 11 is 0. The minimum absolute atomic E-state index is 0.110. The number of benzene rings is 1. The van der Waals surface area contributed by atoms with E-state index in [0.29, 0.717) is 17.8 Å². The lowest BCUT2D eigenvalue weighted by Crippen LogP contribution is -2.39. The van der Waals surface area contributed by atoms with E-state index in [-0.39, 0.29) is 24.3 Å². The van der Waals surface area contributed by atoms with Gasteiger partial charge in [0.2, 0.25) is 11.8 Å². The summed E-state index contributed by atoms with van der Waals surface area (Å²) < 4.78 is 0. The Morgan fingerprint density at radius 1 is 1.09 bits per heavy atom. The minimum atomic E-state index is -0.543. The fraction of sp³-hybridized carbons (Fsp3) is 0.438. The Bertz CT molecular complexity index is 562. The number of carbonyl (C=O) groups is 3. The molecule has 0 aromatic heterocycles. The van der Waals surface area contributed by atoms with Crippen LogP contribution in [0.2, 0.25) is 0 Å². The average Bonchev–Trinajstić information content (AvgIpc) is 2.44. The van der Waals surface area contributed by atoms with Crippen LogP contribution in [0.1, 0.15) is 38.1 Å². The van der Waals surface area contributed by atoms with Crippen molar-refractivity contribution in [2.24, 2.45) is 5.41 Å². The van der Waals surface area contributed by atoms with Crippen LogP contribution in [0.3, 0.4) is 0 Å². The first-order chi connectivity index (χ1) is 10.2. The summed E-state index contributed by atoms with van der Waals surface area (Å²) in [7, 11) is 0. The molecule has 0 heterocycles. The smallest absolute Gasteiger partial charge is 0.251 e. The van der Waals surface area contributed by atoms with E-state index in [0.717, 1.165) is 0 Å².